The van der Waals surface area contributed by atoms with Crippen LogP contribution in [0.4, 0.5) is 5.69 Å². The zero-order valence-corrected chi connectivity index (χ0v) is 16.8. The Bertz CT molecular complexity index is 1360. The molecule has 0 atom stereocenters. The van der Waals surface area contributed by atoms with Crippen molar-refractivity contribution in [3.63, 3.8) is 0 Å². The normalized spacial score (nSPS) is 10.9. The van der Waals surface area contributed by atoms with E-state index in [0.29, 0.717) is 23.8 Å². The summed E-state index contributed by atoms with van der Waals surface area (Å²) in [6.07, 6.45) is 2.29. The van der Waals surface area contributed by atoms with Crippen LogP contribution in [-0.4, -0.2) is 24.8 Å². The van der Waals surface area contributed by atoms with Crippen LogP contribution in [0.5, 0.6) is 0 Å². The summed E-state index contributed by atoms with van der Waals surface area (Å²) in [5, 5.41) is 19.9. The highest BCUT2D eigenvalue weighted by molar-refractivity contribution is 5.65. The van der Waals surface area contributed by atoms with Crippen molar-refractivity contribution in [1.29, 1.82) is 0 Å². The molecule has 0 aliphatic carbocycles. The fraction of sp³-hybridized carbons (Fsp3) is 0.0417. The Hall–Kier alpha value is -4.59. The van der Waals surface area contributed by atoms with Gasteiger partial charge >= 0.3 is 0 Å². The van der Waals surface area contributed by atoms with Crippen LogP contribution < -0.4 is 0 Å². The van der Waals surface area contributed by atoms with Crippen molar-refractivity contribution in [2.75, 3.05) is 0 Å². The van der Waals surface area contributed by atoms with Gasteiger partial charge in [-0.15, -0.1) is 0 Å². The Balaban J connectivity index is 1.52. The third-order valence-electron chi connectivity index (χ3n) is 5.00. The minimum absolute atomic E-state index is 0.0298. The first kappa shape index (κ1) is 19.4. The topological polar surface area (TPSA) is 99.9 Å². The van der Waals surface area contributed by atoms with E-state index in [1.807, 2.05) is 66.9 Å². The second-order valence-corrected chi connectivity index (χ2v) is 7.14. The summed E-state index contributed by atoms with van der Waals surface area (Å²) in [7, 11) is 0. The molecule has 0 amide bonds. The number of nitro groups is 1. The van der Waals surface area contributed by atoms with Crippen molar-refractivity contribution in [3.05, 3.63) is 113 Å². The van der Waals surface area contributed by atoms with Gasteiger partial charge in [0.1, 0.15) is 0 Å². The van der Waals surface area contributed by atoms with Gasteiger partial charge in [-0.25, -0.2) is 4.68 Å². The molecule has 2 heterocycles. The van der Waals surface area contributed by atoms with Gasteiger partial charge in [0.05, 0.1) is 22.7 Å². The van der Waals surface area contributed by atoms with Gasteiger partial charge < -0.3 is 4.52 Å². The fourth-order valence-corrected chi connectivity index (χ4v) is 3.43. The molecule has 0 saturated carbocycles. The molecule has 0 N–H and O–H groups in total. The predicted molar refractivity (Wildman–Crippen MR) is 118 cm³/mol. The molecule has 0 unspecified atom stereocenters. The average molecular weight is 423 g/mol. The van der Waals surface area contributed by atoms with Gasteiger partial charge in [-0.05, 0) is 24.3 Å². The number of para-hydroxylation sites is 1. The van der Waals surface area contributed by atoms with E-state index < -0.39 is 4.92 Å². The lowest BCUT2D eigenvalue weighted by molar-refractivity contribution is -0.384. The number of benzene rings is 3. The van der Waals surface area contributed by atoms with Crippen LogP contribution in [0.15, 0.2) is 95.6 Å². The number of nitrogens with zero attached hydrogens (tertiary/aromatic N) is 5. The monoisotopic (exact) mass is 423 g/mol. The van der Waals surface area contributed by atoms with E-state index in [1.165, 1.54) is 12.1 Å². The fourth-order valence-electron chi connectivity index (χ4n) is 3.43. The van der Waals surface area contributed by atoms with Crippen LogP contribution in [0.2, 0.25) is 0 Å². The van der Waals surface area contributed by atoms with E-state index in [4.69, 9.17) is 9.62 Å². The largest absolute Gasteiger partial charge is 0.339 e. The zero-order valence-electron chi connectivity index (χ0n) is 16.8. The maximum absolute atomic E-state index is 11.0. The third-order valence-corrected chi connectivity index (χ3v) is 5.00. The van der Waals surface area contributed by atoms with Crippen molar-refractivity contribution < 1.29 is 9.45 Å². The number of nitro benzene ring substituents is 1. The first-order chi connectivity index (χ1) is 15.7. The maximum atomic E-state index is 11.0. The quantitative estimate of drug-likeness (QED) is 0.279. The van der Waals surface area contributed by atoms with Crippen molar-refractivity contribution in [2.24, 2.45) is 0 Å². The summed E-state index contributed by atoms with van der Waals surface area (Å²) in [6.45, 7) is 0. The number of hydrogen-bond acceptors (Lipinski definition) is 6. The van der Waals surface area contributed by atoms with Gasteiger partial charge in [0, 0.05) is 35.0 Å². The molecule has 5 rings (SSSR count). The number of rotatable bonds is 6. The minimum Gasteiger partial charge on any atom is -0.339 e. The van der Waals surface area contributed by atoms with Crippen molar-refractivity contribution in [3.8, 4) is 28.3 Å². The highest BCUT2D eigenvalue weighted by Crippen LogP contribution is 2.28. The Morgan fingerprint density at radius 1 is 0.875 bits per heavy atom. The Kier molecular flexibility index (Phi) is 5.01. The van der Waals surface area contributed by atoms with E-state index in [1.54, 1.807) is 16.8 Å². The standard InChI is InChI=1S/C24H17N5O3/c30-29(31)21-13-11-17(12-14-21)23-19(16-28(26-23)20-9-5-2-6-10-20)15-22-25-24(27-32-22)18-7-3-1-4-8-18/h1-14,16H,15H2. The van der Waals surface area contributed by atoms with Crippen LogP contribution >= 0.6 is 0 Å². The Morgan fingerprint density at radius 2 is 1.56 bits per heavy atom. The summed E-state index contributed by atoms with van der Waals surface area (Å²) in [5.41, 5.74) is 4.13. The zero-order chi connectivity index (χ0) is 21.9. The van der Waals surface area contributed by atoms with Gasteiger partial charge in [-0.1, -0.05) is 53.7 Å². The molecule has 2 aromatic heterocycles. The van der Waals surface area contributed by atoms with E-state index in [-0.39, 0.29) is 5.69 Å². The molecule has 0 aliphatic rings. The van der Waals surface area contributed by atoms with Gasteiger partial charge in [0.2, 0.25) is 11.7 Å². The molecule has 0 aliphatic heterocycles. The molecule has 5 aromatic rings. The molecule has 0 saturated heterocycles. The van der Waals surface area contributed by atoms with Crippen LogP contribution in [0, 0.1) is 10.1 Å². The lowest BCUT2D eigenvalue weighted by atomic mass is 10.1. The smallest absolute Gasteiger partial charge is 0.269 e. The second-order valence-electron chi connectivity index (χ2n) is 7.14. The number of non-ortho nitro benzene ring substituents is 1. The molecular formula is C24H17N5O3. The highest BCUT2D eigenvalue weighted by atomic mass is 16.6. The van der Waals surface area contributed by atoms with E-state index in [2.05, 4.69) is 10.1 Å². The summed E-state index contributed by atoms with van der Waals surface area (Å²) in [5.74, 6) is 0.979. The molecule has 0 radical (unpaired) electrons. The molecule has 8 heteroatoms. The third kappa shape index (κ3) is 3.89. The van der Waals surface area contributed by atoms with Crippen LogP contribution in [0.3, 0.4) is 0 Å². The summed E-state index contributed by atoms with van der Waals surface area (Å²) >= 11 is 0. The molecule has 32 heavy (non-hydrogen) atoms. The maximum Gasteiger partial charge on any atom is 0.269 e. The van der Waals surface area contributed by atoms with E-state index in [0.717, 1.165) is 22.4 Å². The number of hydrogen-bond donors (Lipinski definition) is 0. The van der Waals surface area contributed by atoms with Gasteiger partial charge in [-0.2, -0.15) is 10.1 Å². The average Bonchev–Trinajstić information content (AvgIpc) is 3.48. The molecule has 3 aromatic carbocycles. The van der Waals surface area contributed by atoms with Gasteiger partial charge in [0.25, 0.3) is 5.69 Å². The summed E-state index contributed by atoms with van der Waals surface area (Å²) in [6, 6.07) is 25.7. The predicted octanol–water partition coefficient (Wildman–Crippen LogP) is 5.09. The lowest BCUT2D eigenvalue weighted by Gasteiger charge is -2.01. The van der Waals surface area contributed by atoms with E-state index >= 15 is 0 Å². The summed E-state index contributed by atoms with van der Waals surface area (Å²) < 4.78 is 7.27. The molecule has 0 bridgehead atoms. The Labute approximate surface area is 182 Å². The highest BCUT2D eigenvalue weighted by Gasteiger charge is 2.17. The summed E-state index contributed by atoms with van der Waals surface area (Å²) in [4.78, 5) is 15.1. The number of aromatic nitrogens is 4. The van der Waals surface area contributed by atoms with Gasteiger partial charge in [0.15, 0.2) is 0 Å². The minimum atomic E-state index is -0.420. The van der Waals surface area contributed by atoms with Crippen LogP contribution in [0.1, 0.15) is 11.5 Å². The van der Waals surface area contributed by atoms with Crippen LogP contribution in [0.25, 0.3) is 28.3 Å². The van der Waals surface area contributed by atoms with Crippen LogP contribution in [-0.2, 0) is 6.42 Å². The molecule has 0 spiro atoms. The van der Waals surface area contributed by atoms with Crippen molar-refractivity contribution in [1.82, 2.24) is 19.9 Å². The van der Waals surface area contributed by atoms with E-state index in [9.17, 15) is 10.1 Å². The molecule has 156 valence electrons. The van der Waals surface area contributed by atoms with Crippen molar-refractivity contribution in [2.45, 2.75) is 6.42 Å². The Morgan fingerprint density at radius 3 is 2.25 bits per heavy atom. The lowest BCUT2D eigenvalue weighted by Crippen LogP contribution is -1.94. The van der Waals surface area contributed by atoms with Gasteiger partial charge in [-0.3, -0.25) is 10.1 Å². The second kappa shape index (κ2) is 8.27. The van der Waals surface area contributed by atoms with Crippen molar-refractivity contribution >= 4 is 5.69 Å². The SMILES string of the molecule is O=[N+]([O-])c1ccc(-c2nn(-c3ccccc3)cc2Cc2nc(-c3ccccc3)no2)cc1. The molecular weight excluding hydrogens is 406 g/mol. The molecule has 0 fully saturated rings. The first-order valence-electron chi connectivity index (χ1n) is 9.94. The first-order valence-corrected chi connectivity index (χ1v) is 9.94. The molecule has 8 nitrogen and oxygen atoms in total.